The third kappa shape index (κ3) is 2.63. The fraction of sp³-hybridized carbons (Fsp3) is 0.154. The van der Waals surface area contributed by atoms with Crippen molar-refractivity contribution in [2.75, 3.05) is 7.11 Å². The van der Waals surface area contributed by atoms with Crippen LogP contribution >= 0.6 is 12.2 Å². The first-order valence-corrected chi connectivity index (χ1v) is 5.96. The van der Waals surface area contributed by atoms with Crippen LogP contribution in [-0.4, -0.2) is 21.9 Å². The van der Waals surface area contributed by atoms with Gasteiger partial charge in [0, 0.05) is 12.6 Å². The van der Waals surface area contributed by atoms with Crippen molar-refractivity contribution in [3.05, 3.63) is 46.2 Å². The number of ether oxygens (including phenoxy) is 1. The van der Waals surface area contributed by atoms with Crippen LogP contribution in [0.3, 0.4) is 0 Å². The molecule has 2 aromatic rings. The number of hydrogen-bond donors (Lipinski definition) is 1. The molecule has 98 valence electrons. The van der Waals surface area contributed by atoms with E-state index >= 15 is 0 Å². The predicted molar refractivity (Wildman–Crippen MR) is 77.4 cm³/mol. The van der Waals surface area contributed by atoms with E-state index in [-0.39, 0.29) is 16.1 Å². The number of hydrogen-bond acceptors (Lipinski definition) is 4. The minimum atomic E-state index is -0.306. The summed E-state index contributed by atoms with van der Waals surface area (Å²) in [6.07, 6.45) is 0. The van der Waals surface area contributed by atoms with Crippen LogP contribution in [0, 0.1) is 0 Å². The highest BCUT2D eigenvalue weighted by molar-refractivity contribution is 7.80. The Morgan fingerprint density at radius 1 is 1.42 bits per heavy atom. The third-order valence-corrected chi connectivity index (χ3v) is 2.91. The number of aryl methyl sites for hydroxylation is 1. The topological polar surface area (TPSA) is 70.1 Å². The summed E-state index contributed by atoms with van der Waals surface area (Å²) in [5, 5.41) is 4.19. The summed E-state index contributed by atoms with van der Waals surface area (Å²) >= 11 is 4.88. The largest absolute Gasteiger partial charge is 0.497 e. The van der Waals surface area contributed by atoms with Crippen molar-refractivity contribution in [2.24, 2.45) is 12.8 Å². The maximum Gasteiger partial charge on any atom is 0.276 e. The van der Waals surface area contributed by atoms with E-state index in [4.69, 9.17) is 22.7 Å². The molecule has 1 aromatic carbocycles. The first-order chi connectivity index (χ1) is 9.02. The minimum absolute atomic E-state index is 0.0622. The standard InChI is InChI=1S/C13H13N3O2S/c1-16-13(17)10(12(14)19)7-11(15-16)8-4-3-5-9(6-8)18-2/h3-7H,1-2H3,(H2,14,19). The van der Waals surface area contributed by atoms with Crippen molar-refractivity contribution in [3.8, 4) is 17.0 Å². The van der Waals surface area contributed by atoms with Gasteiger partial charge in [-0.2, -0.15) is 5.10 Å². The molecule has 0 aliphatic rings. The van der Waals surface area contributed by atoms with Crippen molar-refractivity contribution < 1.29 is 4.74 Å². The van der Waals surface area contributed by atoms with Gasteiger partial charge in [-0.05, 0) is 18.2 Å². The lowest BCUT2D eigenvalue weighted by atomic mass is 10.1. The quantitative estimate of drug-likeness (QED) is 0.849. The molecule has 0 saturated heterocycles. The van der Waals surface area contributed by atoms with Crippen molar-refractivity contribution in [3.63, 3.8) is 0 Å². The second-order valence-electron chi connectivity index (χ2n) is 3.97. The van der Waals surface area contributed by atoms with Gasteiger partial charge in [-0.15, -0.1) is 0 Å². The SMILES string of the molecule is COc1cccc(-c2cc(C(N)=S)c(=O)n(C)n2)c1. The number of benzene rings is 1. The fourth-order valence-electron chi connectivity index (χ4n) is 1.71. The molecule has 0 aliphatic carbocycles. The number of thiocarbonyl (C=S) groups is 1. The second kappa shape index (κ2) is 5.19. The third-order valence-electron chi connectivity index (χ3n) is 2.69. The van der Waals surface area contributed by atoms with Crippen LogP contribution in [-0.2, 0) is 7.05 Å². The van der Waals surface area contributed by atoms with Gasteiger partial charge in [0.25, 0.3) is 5.56 Å². The highest BCUT2D eigenvalue weighted by atomic mass is 32.1. The molecule has 0 bridgehead atoms. The lowest BCUT2D eigenvalue weighted by Gasteiger charge is -2.07. The van der Waals surface area contributed by atoms with E-state index in [1.807, 2.05) is 24.3 Å². The summed E-state index contributed by atoms with van der Waals surface area (Å²) in [5.41, 5.74) is 6.97. The smallest absolute Gasteiger partial charge is 0.276 e. The lowest BCUT2D eigenvalue weighted by Crippen LogP contribution is -2.29. The minimum Gasteiger partial charge on any atom is -0.497 e. The summed E-state index contributed by atoms with van der Waals surface area (Å²) in [4.78, 5) is 11.9. The van der Waals surface area contributed by atoms with Gasteiger partial charge in [-0.1, -0.05) is 24.4 Å². The summed E-state index contributed by atoms with van der Waals surface area (Å²) in [6, 6.07) is 8.98. The van der Waals surface area contributed by atoms with Gasteiger partial charge in [-0.25, -0.2) is 4.68 Å². The van der Waals surface area contributed by atoms with E-state index < -0.39 is 0 Å². The average molecular weight is 275 g/mol. The Morgan fingerprint density at radius 2 is 2.16 bits per heavy atom. The van der Waals surface area contributed by atoms with Crippen molar-refractivity contribution in [1.82, 2.24) is 9.78 Å². The van der Waals surface area contributed by atoms with Crippen LogP contribution in [0.15, 0.2) is 35.1 Å². The summed E-state index contributed by atoms with van der Waals surface area (Å²) in [5.74, 6) is 0.713. The Labute approximate surface area is 115 Å². The van der Waals surface area contributed by atoms with E-state index in [1.165, 1.54) is 4.68 Å². The Hall–Kier alpha value is -2.21. The van der Waals surface area contributed by atoms with Crippen LogP contribution in [0.25, 0.3) is 11.3 Å². The maximum atomic E-state index is 11.8. The number of rotatable bonds is 3. The molecule has 0 fully saturated rings. The highest BCUT2D eigenvalue weighted by Crippen LogP contribution is 2.21. The van der Waals surface area contributed by atoms with Crippen LogP contribution in [0.2, 0.25) is 0 Å². The monoisotopic (exact) mass is 275 g/mol. The molecule has 0 spiro atoms. The first kappa shape index (κ1) is 13.2. The summed E-state index contributed by atoms with van der Waals surface area (Å²) in [6.45, 7) is 0. The van der Waals surface area contributed by atoms with E-state index in [0.29, 0.717) is 11.4 Å². The van der Waals surface area contributed by atoms with Crippen LogP contribution < -0.4 is 16.0 Å². The van der Waals surface area contributed by atoms with Gasteiger partial charge in [0.2, 0.25) is 0 Å². The van der Waals surface area contributed by atoms with Crippen LogP contribution in [0.5, 0.6) is 5.75 Å². The molecular weight excluding hydrogens is 262 g/mol. The molecule has 2 rings (SSSR count). The number of aromatic nitrogens is 2. The lowest BCUT2D eigenvalue weighted by molar-refractivity contribution is 0.415. The molecule has 1 heterocycles. The van der Waals surface area contributed by atoms with Crippen molar-refractivity contribution in [1.29, 1.82) is 0 Å². The zero-order valence-electron chi connectivity index (χ0n) is 10.6. The molecule has 5 nitrogen and oxygen atoms in total. The Balaban J connectivity index is 2.62. The highest BCUT2D eigenvalue weighted by Gasteiger charge is 2.10. The van der Waals surface area contributed by atoms with Gasteiger partial charge < -0.3 is 10.5 Å². The number of nitrogens with zero attached hydrogens (tertiary/aromatic N) is 2. The van der Waals surface area contributed by atoms with Crippen LogP contribution in [0.1, 0.15) is 5.56 Å². The molecule has 0 radical (unpaired) electrons. The molecule has 19 heavy (non-hydrogen) atoms. The average Bonchev–Trinajstić information content (AvgIpc) is 2.41. The Bertz CT molecular complexity index is 695. The van der Waals surface area contributed by atoms with Gasteiger partial charge in [0.05, 0.1) is 18.4 Å². The van der Waals surface area contributed by atoms with Gasteiger partial charge in [0.1, 0.15) is 10.7 Å². The Kier molecular flexibility index (Phi) is 3.62. The van der Waals surface area contributed by atoms with E-state index in [9.17, 15) is 4.79 Å². The molecule has 1 aromatic heterocycles. The van der Waals surface area contributed by atoms with E-state index in [2.05, 4.69) is 5.10 Å². The van der Waals surface area contributed by atoms with Crippen molar-refractivity contribution >= 4 is 17.2 Å². The second-order valence-corrected chi connectivity index (χ2v) is 4.41. The van der Waals surface area contributed by atoms with E-state index in [0.717, 1.165) is 5.56 Å². The zero-order chi connectivity index (χ0) is 14.0. The molecule has 0 amide bonds. The molecule has 6 heteroatoms. The maximum absolute atomic E-state index is 11.8. The Morgan fingerprint density at radius 3 is 2.79 bits per heavy atom. The zero-order valence-corrected chi connectivity index (χ0v) is 11.4. The molecule has 0 aliphatic heterocycles. The molecule has 2 N–H and O–H groups in total. The normalized spacial score (nSPS) is 10.2. The van der Waals surface area contributed by atoms with Gasteiger partial charge >= 0.3 is 0 Å². The first-order valence-electron chi connectivity index (χ1n) is 5.55. The fourth-order valence-corrected chi connectivity index (χ4v) is 1.85. The van der Waals surface area contributed by atoms with Crippen molar-refractivity contribution in [2.45, 2.75) is 0 Å². The van der Waals surface area contributed by atoms with Crippen LogP contribution in [0.4, 0.5) is 0 Å². The molecular formula is C13H13N3O2S. The van der Waals surface area contributed by atoms with E-state index in [1.54, 1.807) is 20.2 Å². The molecule has 0 atom stereocenters. The number of methoxy groups -OCH3 is 1. The van der Waals surface area contributed by atoms with Gasteiger partial charge in [0.15, 0.2) is 0 Å². The predicted octanol–water partition coefficient (Wildman–Crippen LogP) is 1.09. The summed E-state index contributed by atoms with van der Waals surface area (Å²) in [7, 11) is 3.15. The van der Waals surface area contributed by atoms with Gasteiger partial charge in [-0.3, -0.25) is 4.79 Å². The number of nitrogens with two attached hydrogens (primary N) is 1. The molecule has 0 saturated carbocycles. The summed E-state index contributed by atoms with van der Waals surface area (Å²) < 4.78 is 6.39. The molecule has 0 unspecified atom stereocenters.